The molecule has 1 aliphatic heterocycles. The van der Waals surface area contributed by atoms with Crippen LogP contribution in [0.2, 0.25) is 0 Å². The lowest BCUT2D eigenvalue weighted by atomic mass is 10.3. The molecule has 0 aromatic carbocycles. The minimum Gasteiger partial charge on any atom is -0.459 e. The molecule has 0 spiro atoms. The van der Waals surface area contributed by atoms with Gasteiger partial charge in [-0.3, -0.25) is 9.69 Å². The number of carbonyl (C=O) groups excluding carboxylic acids is 1. The average Bonchev–Trinajstić information content (AvgIpc) is 2.84. The minimum atomic E-state index is -0.139. The third-order valence-corrected chi connectivity index (χ3v) is 2.67. The second-order valence-electron chi connectivity index (χ2n) is 3.82. The lowest BCUT2D eigenvalue weighted by Gasteiger charge is -2.26. The highest BCUT2D eigenvalue weighted by atomic mass is 35.5. The van der Waals surface area contributed by atoms with E-state index in [1.165, 1.54) is 6.26 Å². The molecule has 1 aromatic rings. The molecule has 0 unspecified atom stereocenters. The lowest BCUT2D eigenvalue weighted by Crippen LogP contribution is -2.46. The molecule has 2 heterocycles. The number of furan rings is 1. The molecule has 17 heavy (non-hydrogen) atoms. The SMILES string of the molecule is Cl.O=C(NCCN1CCNCC1)c1ccco1. The van der Waals surface area contributed by atoms with Crippen LogP contribution in [-0.2, 0) is 0 Å². The third-order valence-electron chi connectivity index (χ3n) is 2.67. The van der Waals surface area contributed by atoms with Crippen LogP contribution in [0, 0.1) is 0 Å². The summed E-state index contributed by atoms with van der Waals surface area (Å²) >= 11 is 0. The number of halogens is 1. The Morgan fingerprint density at radius 1 is 1.47 bits per heavy atom. The van der Waals surface area contributed by atoms with Crippen LogP contribution in [0.3, 0.4) is 0 Å². The number of hydrogen-bond donors (Lipinski definition) is 2. The summed E-state index contributed by atoms with van der Waals surface area (Å²) in [5.74, 6) is 0.237. The topological polar surface area (TPSA) is 57.5 Å². The minimum absolute atomic E-state index is 0. The summed E-state index contributed by atoms with van der Waals surface area (Å²) in [5, 5.41) is 6.13. The van der Waals surface area contributed by atoms with Gasteiger partial charge in [0.25, 0.3) is 5.91 Å². The summed E-state index contributed by atoms with van der Waals surface area (Å²) in [6, 6.07) is 3.38. The van der Waals surface area contributed by atoms with Crippen molar-refractivity contribution in [1.29, 1.82) is 0 Å². The first-order valence-electron chi connectivity index (χ1n) is 5.61. The van der Waals surface area contributed by atoms with Crippen LogP contribution in [0.25, 0.3) is 0 Å². The fraction of sp³-hybridized carbons (Fsp3) is 0.545. The van der Waals surface area contributed by atoms with Gasteiger partial charge in [0.2, 0.25) is 0 Å². The van der Waals surface area contributed by atoms with E-state index in [9.17, 15) is 4.79 Å². The molecule has 6 heteroatoms. The lowest BCUT2D eigenvalue weighted by molar-refractivity contribution is 0.0919. The van der Waals surface area contributed by atoms with Crippen LogP contribution in [0.15, 0.2) is 22.8 Å². The molecule has 5 nitrogen and oxygen atoms in total. The van der Waals surface area contributed by atoms with Gasteiger partial charge < -0.3 is 15.1 Å². The van der Waals surface area contributed by atoms with Gasteiger partial charge >= 0.3 is 0 Å². The van der Waals surface area contributed by atoms with E-state index in [1.807, 2.05) is 0 Å². The molecule has 0 atom stereocenters. The monoisotopic (exact) mass is 259 g/mol. The molecule has 1 aromatic heterocycles. The molecule has 1 amide bonds. The number of amides is 1. The van der Waals surface area contributed by atoms with E-state index in [2.05, 4.69) is 15.5 Å². The quantitative estimate of drug-likeness (QED) is 0.819. The number of nitrogens with one attached hydrogen (secondary N) is 2. The number of nitrogens with zero attached hydrogens (tertiary/aromatic N) is 1. The summed E-state index contributed by atoms with van der Waals surface area (Å²) in [7, 11) is 0. The first-order valence-corrected chi connectivity index (χ1v) is 5.61. The van der Waals surface area contributed by atoms with Crippen molar-refractivity contribution >= 4 is 18.3 Å². The molecule has 0 saturated carbocycles. The van der Waals surface area contributed by atoms with Crippen LogP contribution < -0.4 is 10.6 Å². The van der Waals surface area contributed by atoms with Gasteiger partial charge in [-0.05, 0) is 12.1 Å². The highest BCUT2D eigenvalue weighted by Gasteiger charge is 2.11. The Kier molecular flexibility index (Phi) is 6.04. The van der Waals surface area contributed by atoms with Gasteiger partial charge in [0.05, 0.1) is 6.26 Å². The summed E-state index contributed by atoms with van der Waals surface area (Å²) in [4.78, 5) is 13.8. The molecule has 96 valence electrons. The predicted molar refractivity (Wildman–Crippen MR) is 67.6 cm³/mol. The Morgan fingerprint density at radius 3 is 2.88 bits per heavy atom. The Bertz CT molecular complexity index is 323. The zero-order valence-electron chi connectivity index (χ0n) is 9.65. The van der Waals surface area contributed by atoms with Crippen molar-refractivity contribution in [1.82, 2.24) is 15.5 Å². The van der Waals surface area contributed by atoms with Gasteiger partial charge in [-0.2, -0.15) is 0 Å². The molecular formula is C11H18ClN3O2. The van der Waals surface area contributed by atoms with Crippen molar-refractivity contribution < 1.29 is 9.21 Å². The maximum atomic E-state index is 11.5. The largest absolute Gasteiger partial charge is 0.459 e. The third kappa shape index (κ3) is 4.38. The highest BCUT2D eigenvalue weighted by molar-refractivity contribution is 5.91. The zero-order chi connectivity index (χ0) is 11.2. The molecule has 1 aliphatic rings. The van der Waals surface area contributed by atoms with E-state index in [-0.39, 0.29) is 18.3 Å². The smallest absolute Gasteiger partial charge is 0.287 e. The zero-order valence-corrected chi connectivity index (χ0v) is 10.5. The molecule has 2 rings (SSSR count). The molecule has 1 fully saturated rings. The van der Waals surface area contributed by atoms with E-state index in [0.29, 0.717) is 12.3 Å². The number of hydrogen-bond acceptors (Lipinski definition) is 4. The van der Waals surface area contributed by atoms with Crippen molar-refractivity contribution in [3.05, 3.63) is 24.2 Å². The summed E-state index contributed by atoms with van der Waals surface area (Å²) in [6.07, 6.45) is 1.51. The van der Waals surface area contributed by atoms with Gasteiger partial charge in [-0.15, -0.1) is 12.4 Å². The van der Waals surface area contributed by atoms with Crippen LogP contribution in [0.5, 0.6) is 0 Å². The van der Waals surface area contributed by atoms with E-state index in [0.717, 1.165) is 32.7 Å². The van der Waals surface area contributed by atoms with Crippen LogP contribution in [-0.4, -0.2) is 50.1 Å². The first kappa shape index (κ1) is 14.0. The van der Waals surface area contributed by atoms with Gasteiger partial charge in [-0.1, -0.05) is 0 Å². The fourth-order valence-electron chi connectivity index (χ4n) is 1.76. The van der Waals surface area contributed by atoms with Crippen molar-refractivity contribution in [2.45, 2.75) is 0 Å². The van der Waals surface area contributed by atoms with Crippen LogP contribution in [0.1, 0.15) is 10.6 Å². The van der Waals surface area contributed by atoms with Crippen molar-refractivity contribution in [3.63, 3.8) is 0 Å². The maximum Gasteiger partial charge on any atom is 0.287 e. The molecular weight excluding hydrogens is 242 g/mol. The summed E-state index contributed by atoms with van der Waals surface area (Å²) < 4.78 is 5.00. The Labute approximate surface area is 107 Å². The van der Waals surface area contributed by atoms with E-state index < -0.39 is 0 Å². The van der Waals surface area contributed by atoms with Crippen molar-refractivity contribution in [2.75, 3.05) is 39.3 Å². The predicted octanol–water partition coefficient (Wildman–Crippen LogP) is 0.336. The molecule has 1 saturated heterocycles. The maximum absolute atomic E-state index is 11.5. The van der Waals surface area contributed by atoms with Crippen molar-refractivity contribution in [2.24, 2.45) is 0 Å². The first-order chi connectivity index (χ1) is 7.86. The normalized spacial score (nSPS) is 16.2. The van der Waals surface area contributed by atoms with E-state index in [1.54, 1.807) is 12.1 Å². The Balaban J connectivity index is 0.00000144. The Hall–Kier alpha value is -1.04. The average molecular weight is 260 g/mol. The van der Waals surface area contributed by atoms with Gasteiger partial charge in [0.15, 0.2) is 5.76 Å². The molecule has 0 radical (unpaired) electrons. The molecule has 2 N–H and O–H groups in total. The standard InChI is InChI=1S/C11H17N3O2.ClH/c15-11(10-2-1-9-16-10)13-5-8-14-6-3-12-4-7-14;/h1-2,9,12H,3-8H2,(H,13,15);1H. The highest BCUT2D eigenvalue weighted by Crippen LogP contribution is 1.98. The van der Waals surface area contributed by atoms with Crippen LogP contribution >= 0.6 is 12.4 Å². The van der Waals surface area contributed by atoms with Gasteiger partial charge in [0, 0.05) is 39.3 Å². The number of piperazine rings is 1. The van der Waals surface area contributed by atoms with Gasteiger partial charge in [0.1, 0.15) is 0 Å². The summed E-state index contributed by atoms with van der Waals surface area (Å²) in [5.41, 5.74) is 0. The number of carbonyl (C=O) groups is 1. The second-order valence-corrected chi connectivity index (χ2v) is 3.82. The summed E-state index contributed by atoms with van der Waals surface area (Å²) in [6.45, 7) is 5.74. The van der Waals surface area contributed by atoms with E-state index >= 15 is 0 Å². The second kappa shape index (κ2) is 7.32. The van der Waals surface area contributed by atoms with Crippen molar-refractivity contribution in [3.8, 4) is 0 Å². The molecule has 0 bridgehead atoms. The van der Waals surface area contributed by atoms with E-state index in [4.69, 9.17) is 4.42 Å². The molecule has 0 aliphatic carbocycles. The number of rotatable bonds is 4. The van der Waals surface area contributed by atoms with Crippen LogP contribution in [0.4, 0.5) is 0 Å². The Morgan fingerprint density at radius 2 is 2.24 bits per heavy atom. The fourth-order valence-corrected chi connectivity index (χ4v) is 1.76. The van der Waals surface area contributed by atoms with Gasteiger partial charge in [-0.25, -0.2) is 0 Å².